The third-order valence-corrected chi connectivity index (χ3v) is 5.36. The Balaban J connectivity index is 1.75. The van der Waals surface area contributed by atoms with Gasteiger partial charge >= 0.3 is 0 Å². The molecule has 11 nitrogen and oxygen atoms in total. The van der Waals surface area contributed by atoms with E-state index in [2.05, 4.69) is 26.7 Å². The van der Waals surface area contributed by atoms with Crippen LogP contribution in [0.4, 0.5) is 17.3 Å². The van der Waals surface area contributed by atoms with Crippen LogP contribution in [0.1, 0.15) is 33.9 Å². The van der Waals surface area contributed by atoms with E-state index in [1.54, 1.807) is 43.5 Å². The Bertz CT molecular complexity index is 1440. The maximum absolute atomic E-state index is 9.50. The van der Waals surface area contributed by atoms with Gasteiger partial charge in [0.05, 0.1) is 24.4 Å². The van der Waals surface area contributed by atoms with Crippen LogP contribution in [-0.4, -0.2) is 18.1 Å². The molecule has 0 amide bonds. The molecule has 0 saturated heterocycles. The zero-order valence-corrected chi connectivity index (χ0v) is 18.5. The van der Waals surface area contributed by atoms with Crippen molar-refractivity contribution in [2.75, 3.05) is 23.9 Å². The summed E-state index contributed by atoms with van der Waals surface area (Å²) in [5.41, 5.74) is 14.8. The van der Waals surface area contributed by atoms with Gasteiger partial charge in [-0.25, -0.2) is 9.98 Å². The SMILES string of the molecule is COc1ccc(C2N=C(NC#N)Nc3nc(N)c(C#N)c(N)c32)cc1COc1ccc(C#N)cc1. The van der Waals surface area contributed by atoms with E-state index in [-0.39, 0.29) is 29.6 Å². The molecule has 11 heteroatoms. The molecule has 0 radical (unpaired) electrons. The maximum Gasteiger partial charge on any atom is 0.211 e. The van der Waals surface area contributed by atoms with E-state index in [1.807, 2.05) is 18.3 Å². The summed E-state index contributed by atoms with van der Waals surface area (Å²) in [6.07, 6.45) is 1.82. The third-order valence-electron chi connectivity index (χ3n) is 5.36. The van der Waals surface area contributed by atoms with E-state index in [1.165, 1.54) is 0 Å². The second-order valence-electron chi connectivity index (χ2n) is 7.40. The summed E-state index contributed by atoms with van der Waals surface area (Å²) in [5, 5.41) is 32.9. The lowest BCUT2D eigenvalue weighted by atomic mass is 9.94. The summed E-state index contributed by atoms with van der Waals surface area (Å²) >= 11 is 0. The predicted molar refractivity (Wildman–Crippen MR) is 128 cm³/mol. The van der Waals surface area contributed by atoms with Crippen LogP contribution < -0.4 is 31.6 Å². The van der Waals surface area contributed by atoms with Crippen LogP contribution in [0.3, 0.4) is 0 Å². The summed E-state index contributed by atoms with van der Waals surface area (Å²) in [4.78, 5) is 8.83. The number of methoxy groups -OCH3 is 1. The second-order valence-corrected chi connectivity index (χ2v) is 7.40. The summed E-state index contributed by atoms with van der Waals surface area (Å²) in [7, 11) is 1.55. The highest BCUT2D eigenvalue weighted by Crippen LogP contribution is 2.41. The first-order valence-corrected chi connectivity index (χ1v) is 10.3. The van der Waals surface area contributed by atoms with Crippen molar-refractivity contribution in [1.82, 2.24) is 10.3 Å². The van der Waals surface area contributed by atoms with Crippen molar-refractivity contribution in [2.45, 2.75) is 12.6 Å². The van der Waals surface area contributed by atoms with Crippen LogP contribution in [0.15, 0.2) is 47.5 Å². The van der Waals surface area contributed by atoms with E-state index in [0.717, 1.165) is 5.56 Å². The smallest absolute Gasteiger partial charge is 0.211 e. The molecule has 172 valence electrons. The normalized spacial score (nSPS) is 13.7. The second kappa shape index (κ2) is 9.57. The number of aromatic nitrogens is 1. The first kappa shape index (κ1) is 22.7. The number of hydrogen-bond donors (Lipinski definition) is 4. The molecule has 6 N–H and O–H groups in total. The minimum absolute atomic E-state index is 0.0283. The number of rotatable bonds is 5. The molecule has 0 saturated carbocycles. The molecule has 3 aromatic rings. The third kappa shape index (κ3) is 4.40. The van der Waals surface area contributed by atoms with Gasteiger partial charge in [-0.3, -0.25) is 5.32 Å². The number of pyridine rings is 1. The molecular weight excluding hydrogens is 446 g/mol. The lowest BCUT2D eigenvalue weighted by Crippen LogP contribution is -2.32. The van der Waals surface area contributed by atoms with E-state index in [0.29, 0.717) is 34.0 Å². The highest BCUT2D eigenvalue weighted by atomic mass is 16.5. The number of fused-ring (bicyclic) bond motifs is 1. The number of nitrogens with zero attached hydrogens (tertiary/aromatic N) is 5. The zero-order chi connectivity index (χ0) is 24.9. The molecule has 1 aliphatic heterocycles. The molecule has 35 heavy (non-hydrogen) atoms. The lowest BCUT2D eigenvalue weighted by Gasteiger charge is -2.26. The molecule has 1 atom stereocenters. The summed E-state index contributed by atoms with van der Waals surface area (Å²) in [5.74, 6) is 1.61. The topological polar surface area (TPSA) is 191 Å². The Morgan fingerprint density at radius 3 is 2.51 bits per heavy atom. The maximum atomic E-state index is 9.50. The Morgan fingerprint density at radius 2 is 1.86 bits per heavy atom. The summed E-state index contributed by atoms with van der Waals surface area (Å²) in [6, 6.07) is 15.5. The van der Waals surface area contributed by atoms with Crippen molar-refractivity contribution in [2.24, 2.45) is 4.99 Å². The molecule has 4 rings (SSSR count). The molecule has 2 heterocycles. The van der Waals surface area contributed by atoms with Gasteiger partial charge < -0.3 is 26.3 Å². The number of nitriles is 3. The fourth-order valence-electron chi connectivity index (χ4n) is 3.69. The zero-order valence-electron chi connectivity index (χ0n) is 18.5. The molecule has 0 fully saturated rings. The number of ether oxygens (including phenoxy) is 2. The lowest BCUT2D eigenvalue weighted by molar-refractivity contribution is 0.296. The van der Waals surface area contributed by atoms with E-state index in [9.17, 15) is 5.26 Å². The summed E-state index contributed by atoms with van der Waals surface area (Å²) < 4.78 is 11.4. The van der Waals surface area contributed by atoms with Crippen LogP contribution in [0.25, 0.3) is 0 Å². The van der Waals surface area contributed by atoms with Gasteiger partial charge in [0.1, 0.15) is 47.4 Å². The number of nitrogen functional groups attached to an aromatic ring is 2. The number of nitrogens with two attached hydrogens (primary N) is 2. The Morgan fingerprint density at radius 1 is 1.09 bits per heavy atom. The fraction of sp³-hybridized carbons (Fsp3) is 0.125. The van der Waals surface area contributed by atoms with Crippen molar-refractivity contribution in [3.63, 3.8) is 0 Å². The van der Waals surface area contributed by atoms with E-state index in [4.69, 9.17) is 31.5 Å². The number of guanidine groups is 1. The minimum atomic E-state index is -0.693. The number of aliphatic imine (C=N–C) groups is 1. The number of hydrogen-bond acceptors (Lipinski definition) is 11. The Hall–Kier alpha value is -5.47. The van der Waals surface area contributed by atoms with Gasteiger partial charge in [-0.1, -0.05) is 6.07 Å². The van der Waals surface area contributed by atoms with Crippen LogP contribution in [0.2, 0.25) is 0 Å². The van der Waals surface area contributed by atoms with E-state index >= 15 is 0 Å². The Kier molecular flexibility index (Phi) is 6.21. The van der Waals surface area contributed by atoms with Crippen molar-refractivity contribution < 1.29 is 9.47 Å². The number of nitrogens with one attached hydrogen (secondary N) is 2. The first-order valence-electron chi connectivity index (χ1n) is 10.3. The molecule has 0 bridgehead atoms. The molecule has 1 aliphatic rings. The highest BCUT2D eigenvalue weighted by Gasteiger charge is 2.30. The Labute approximate surface area is 200 Å². The predicted octanol–water partition coefficient (Wildman–Crippen LogP) is 2.52. The van der Waals surface area contributed by atoms with Gasteiger partial charge in [-0.05, 0) is 42.0 Å². The van der Waals surface area contributed by atoms with E-state index < -0.39 is 6.04 Å². The quantitative estimate of drug-likeness (QED) is 0.321. The van der Waals surface area contributed by atoms with Crippen molar-refractivity contribution in [3.8, 4) is 29.8 Å². The monoisotopic (exact) mass is 465 g/mol. The standard InChI is InChI=1S/C24H19N9O2/c1-34-18-7-4-14(8-15(18)11-35-16-5-2-13(9-25)3-6-16)21-19-20(28)17(10-26)22(29)32-23(19)33-24(31-21)30-12-27/h2-8,21H,11H2,1H3,(H6,28,29,30,31,32,33). The van der Waals surface area contributed by atoms with Gasteiger partial charge in [0.25, 0.3) is 0 Å². The van der Waals surface area contributed by atoms with Crippen LogP contribution >= 0.6 is 0 Å². The molecule has 0 spiro atoms. The molecule has 2 aromatic carbocycles. The molecule has 1 unspecified atom stereocenters. The minimum Gasteiger partial charge on any atom is -0.496 e. The average Bonchev–Trinajstić information content (AvgIpc) is 2.87. The number of benzene rings is 2. The first-order chi connectivity index (χ1) is 17.0. The largest absolute Gasteiger partial charge is 0.496 e. The van der Waals surface area contributed by atoms with Gasteiger partial charge in [-0.2, -0.15) is 15.8 Å². The number of anilines is 3. The van der Waals surface area contributed by atoms with Crippen LogP contribution in [-0.2, 0) is 6.61 Å². The van der Waals surface area contributed by atoms with Gasteiger partial charge in [0, 0.05) is 11.1 Å². The van der Waals surface area contributed by atoms with Crippen LogP contribution in [0.5, 0.6) is 11.5 Å². The van der Waals surface area contributed by atoms with Crippen molar-refractivity contribution in [3.05, 3.63) is 70.3 Å². The summed E-state index contributed by atoms with van der Waals surface area (Å²) in [6.45, 7) is 0.173. The van der Waals surface area contributed by atoms with Crippen LogP contribution in [0, 0.1) is 34.1 Å². The van der Waals surface area contributed by atoms with Crippen molar-refractivity contribution in [1.29, 1.82) is 15.8 Å². The molecule has 1 aromatic heterocycles. The molecular formula is C24H19N9O2. The van der Waals surface area contributed by atoms with Gasteiger partial charge in [-0.15, -0.1) is 0 Å². The van der Waals surface area contributed by atoms with Gasteiger partial charge in [0.2, 0.25) is 5.96 Å². The molecule has 0 aliphatic carbocycles. The van der Waals surface area contributed by atoms with Gasteiger partial charge in [0.15, 0.2) is 6.19 Å². The van der Waals surface area contributed by atoms with Crippen molar-refractivity contribution >= 4 is 23.3 Å². The average molecular weight is 465 g/mol. The highest BCUT2D eigenvalue weighted by molar-refractivity contribution is 5.98. The fourth-order valence-corrected chi connectivity index (χ4v) is 3.69.